The molecule has 2 heterocycles. The average molecular weight is 398 g/mol. The Morgan fingerprint density at radius 1 is 0.967 bits per heavy atom. The van der Waals surface area contributed by atoms with Gasteiger partial charge in [0, 0.05) is 29.4 Å². The summed E-state index contributed by atoms with van der Waals surface area (Å²) in [7, 11) is 0. The molecule has 148 valence electrons. The Kier molecular flexibility index (Phi) is 4.11. The van der Waals surface area contributed by atoms with Gasteiger partial charge in [-0.05, 0) is 23.3 Å². The minimum Gasteiger partial charge on any atom is -0.354 e. The molecule has 0 radical (unpaired) electrons. The average Bonchev–Trinajstić information content (AvgIpc) is 3.28. The fourth-order valence-corrected chi connectivity index (χ4v) is 3.92. The molecular weight excluding hydrogens is 380 g/mol. The molecule has 4 aromatic rings. The smallest absolute Gasteiger partial charge is 0.259 e. The molecule has 3 amide bonds. The van der Waals surface area contributed by atoms with E-state index in [-0.39, 0.29) is 11.5 Å². The molecule has 5 N–H and O–H groups in total. The highest BCUT2D eigenvalue weighted by atomic mass is 16.2. The van der Waals surface area contributed by atoms with Crippen molar-refractivity contribution in [1.29, 1.82) is 0 Å². The summed E-state index contributed by atoms with van der Waals surface area (Å²) in [4.78, 5) is 41.0. The Morgan fingerprint density at radius 2 is 1.70 bits per heavy atom. The SMILES string of the molecule is NCc1ccc(CNC(=O)c2cc3c(c4c2[nH]c2ccccc24)C(=O)NC3=O)cc1. The lowest BCUT2D eigenvalue weighted by atomic mass is 9.98. The van der Waals surface area contributed by atoms with E-state index in [1.807, 2.05) is 48.5 Å². The van der Waals surface area contributed by atoms with Gasteiger partial charge in [-0.25, -0.2) is 0 Å². The van der Waals surface area contributed by atoms with Gasteiger partial charge in [0.25, 0.3) is 17.7 Å². The number of hydrogen-bond donors (Lipinski definition) is 4. The summed E-state index contributed by atoms with van der Waals surface area (Å²) >= 11 is 0. The molecule has 0 bridgehead atoms. The zero-order valence-electron chi connectivity index (χ0n) is 15.9. The highest BCUT2D eigenvalue weighted by molar-refractivity contribution is 6.32. The first-order valence-corrected chi connectivity index (χ1v) is 9.56. The van der Waals surface area contributed by atoms with Gasteiger partial charge in [0.2, 0.25) is 0 Å². The molecule has 0 fully saturated rings. The lowest BCUT2D eigenvalue weighted by Crippen LogP contribution is -2.23. The van der Waals surface area contributed by atoms with E-state index in [9.17, 15) is 14.4 Å². The van der Waals surface area contributed by atoms with Gasteiger partial charge < -0.3 is 16.0 Å². The molecule has 1 aromatic heterocycles. The molecular formula is C23H18N4O3. The molecule has 5 rings (SSSR count). The molecule has 0 saturated heterocycles. The van der Waals surface area contributed by atoms with E-state index in [0.29, 0.717) is 35.1 Å². The second-order valence-electron chi connectivity index (χ2n) is 7.25. The summed E-state index contributed by atoms with van der Waals surface area (Å²) in [6.45, 7) is 0.786. The van der Waals surface area contributed by atoms with Crippen molar-refractivity contribution >= 4 is 39.5 Å². The number of nitrogens with two attached hydrogens (primary N) is 1. The Bertz CT molecular complexity index is 1350. The molecule has 0 atom stereocenters. The van der Waals surface area contributed by atoms with Crippen LogP contribution in [0.15, 0.2) is 54.6 Å². The van der Waals surface area contributed by atoms with Gasteiger partial charge in [0.15, 0.2) is 0 Å². The summed E-state index contributed by atoms with van der Waals surface area (Å²) in [6.07, 6.45) is 0. The zero-order valence-corrected chi connectivity index (χ0v) is 15.9. The standard InChI is InChI=1S/C23H18N4O3/c24-10-12-5-7-13(8-6-12)11-25-21(28)16-9-15-19(23(30)27-22(15)29)18-14-3-1-2-4-17(14)26-20(16)18/h1-9,26H,10-11,24H2,(H,25,28)(H,27,29,30). The zero-order chi connectivity index (χ0) is 20.8. The molecule has 7 heteroatoms. The summed E-state index contributed by atoms with van der Waals surface area (Å²) in [5, 5.41) is 6.61. The minimum absolute atomic E-state index is 0.217. The maximum atomic E-state index is 13.1. The molecule has 0 saturated carbocycles. The van der Waals surface area contributed by atoms with Crippen LogP contribution in [0.1, 0.15) is 42.2 Å². The van der Waals surface area contributed by atoms with Crippen LogP contribution in [0.3, 0.4) is 0 Å². The topological polar surface area (TPSA) is 117 Å². The summed E-state index contributed by atoms with van der Waals surface area (Å²) in [5.74, 6) is -1.27. The Labute approximate surface area is 171 Å². The number of nitrogens with one attached hydrogen (secondary N) is 3. The van der Waals surface area contributed by atoms with Crippen molar-refractivity contribution in [2.75, 3.05) is 0 Å². The first-order valence-electron chi connectivity index (χ1n) is 9.56. The lowest BCUT2D eigenvalue weighted by Gasteiger charge is -2.09. The van der Waals surface area contributed by atoms with E-state index in [0.717, 1.165) is 22.0 Å². The molecule has 0 spiro atoms. The summed E-state index contributed by atoms with van der Waals surface area (Å²) < 4.78 is 0. The van der Waals surface area contributed by atoms with E-state index >= 15 is 0 Å². The fourth-order valence-electron chi connectivity index (χ4n) is 3.92. The van der Waals surface area contributed by atoms with Crippen molar-refractivity contribution in [1.82, 2.24) is 15.6 Å². The van der Waals surface area contributed by atoms with E-state index in [4.69, 9.17) is 5.73 Å². The Balaban J connectivity index is 1.59. The number of para-hydroxylation sites is 1. The number of imide groups is 1. The van der Waals surface area contributed by atoms with Gasteiger partial charge in [-0.1, -0.05) is 42.5 Å². The molecule has 30 heavy (non-hydrogen) atoms. The first-order chi connectivity index (χ1) is 14.6. The fraction of sp³-hybridized carbons (Fsp3) is 0.0870. The van der Waals surface area contributed by atoms with E-state index in [1.54, 1.807) is 0 Å². The van der Waals surface area contributed by atoms with Gasteiger partial charge >= 0.3 is 0 Å². The van der Waals surface area contributed by atoms with E-state index in [2.05, 4.69) is 15.6 Å². The third-order valence-corrected chi connectivity index (χ3v) is 5.44. The van der Waals surface area contributed by atoms with E-state index in [1.165, 1.54) is 6.07 Å². The van der Waals surface area contributed by atoms with Gasteiger partial charge in [-0.2, -0.15) is 0 Å². The number of H-pyrrole nitrogens is 1. The third-order valence-electron chi connectivity index (χ3n) is 5.44. The van der Waals surface area contributed by atoms with Gasteiger partial charge in [0.1, 0.15) is 0 Å². The molecule has 0 unspecified atom stereocenters. The van der Waals surface area contributed by atoms with Crippen LogP contribution in [-0.2, 0) is 13.1 Å². The normalized spacial score (nSPS) is 13.0. The van der Waals surface area contributed by atoms with Crippen LogP contribution in [-0.4, -0.2) is 22.7 Å². The van der Waals surface area contributed by atoms with Crippen molar-refractivity contribution < 1.29 is 14.4 Å². The predicted molar refractivity (Wildman–Crippen MR) is 113 cm³/mol. The molecule has 3 aromatic carbocycles. The number of carbonyl (C=O) groups excluding carboxylic acids is 3. The predicted octanol–water partition coefficient (Wildman–Crippen LogP) is 2.59. The van der Waals surface area contributed by atoms with Crippen molar-refractivity contribution in [3.05, 3.63) is 82.4 Å². The minimum atomic E-state index is -0.492. The van der Waals surface area contributed by atoms with E-state index < -0.39 is 11.8 Å². The first kappa shape index (κ1) is 18.1. The molecule has 0 aliphatic carbocycles. The number of carbonyl (C=O) groups is 3. The molecule has 7 nitrogen and oxygen atoms in total. The monoisotopic (exact) mass is 398 g/mol. The van der Waals surface area contributed by atoms with Gasteiger partial charge in [0.05, 0.1) is 22.2 Å². The highest BCUT2D eigenvalue weighted by Gasteiger charge is 2.32. The lowest BCUT2D eigenvalue weighted by molar-refractivity contribution is 0.0879. The van der Waals surface area contributed by atoms with Crippen molar-refractivity contribution in [3.8, 4) is 0 Å². The molecule has 1 aliphatic rings. The Morgan fingerprint density at radius 3 is 2.47 bits per heavy atom. The molecule has 1 aliphatic heterocycles. The summed E-state index contributed by atoms with van der Waals surface area (Å²) in [5.41, 5.74) is 9.74. The van der Waals surface area contributed by atoms with Crippen LogP contribution in [0.4, 0.5) is 0 Å². The van der Waals surface area contributed by atoms with Crippen LogP contribution in [0.25, 0.3) is 21.8 Å². The number of amides is 3. The summed E-state index contributed by atoms with van der Waals surface area (Å²) in [6, 6.07) is 16.6. The van der Waals surface area contributed by atoms with Crippen LogP contribution in [0.2, 0.25) is 0 Å². The highest BCUT2D eigenvalue weighted by Crippen LogP contribution is 2.35. The number of hydrogen-bond acceptors (Lipinski definition) is 4. The number of aromatic nitrogens is 1. The van der Waals surface area contributed by atoms with Crippen LogP contribution in [0, 0.1) is 0 Å². The number of benzene rings is 3. The van der Waals surface area contributed by atoms with Gasteiger partial charge in [-0.15, -0.1) is 0 Å². The largest absolute Gasteiger partial charge is 0.354 e. The third kappa shape index (κ3) is 2.75. The second kappa shape index (κ2) is 6.82. The van der Waals surface area contributed by atoms with Crippen molar-refractivity contribution in [2.24, 2.45) is 5.73 Å². The maximum Gasteiger partial charge on any atom is 0.259 e. The quantitative estimate of drug-likeness (QED) is 0.395. The second-order valence-corrected chi connectivity index (χ2v) is 7.25. The van der Waals surface area contributed by atoms with Crippen molar-refractivity contribution in [2.45, 2.75) is 13.1 Å². The Hall–Kier alpha value is -3.97. The van der Waals surface area contributed by atoms with Gasteiger partial charge in [-0.3, -0.25) is 19.7 Å². The van der Waals surface area contributed by atoms with Crippen LogP contribution >= 0.6 is 0 Å². The van der Waals surface area contributed by atoms with Crippen LogP contribution in [0.5, 0.6) is 0 Å². The number of fused-ring (bicyclic) bond motifs is 5. The van der Waals surface area contributed by atoms with Crippen molar-refractivity contribution in [3.63, 3.8) is 0 Å². The maximum absolute atomic E-state index is 13.1. The van der Waals surface area contributed by atoms with Crippen LogP contribution < -0.4 is 16.4 Å². The number of aromatic amines is 1. The number of rotatable bonds is 4.